The summed E-state index contributed by atoms with van der Waals surface area (Å²) in [5, 5.41) is 1.49. The van der Waals surface area contributed by atoms with E-state index >= 15 is 0 Å². The van der Waals surface area contributed by atoms with Gasteiger partial charge >= 0.3 is 5.97 Å². The van der Waals surface area contributed by atoms with Crippen LogP contribution in [0.3, 0.4) is 0 Å². The SMILES string of the molecule is COC(=O)c1cccc(NC(=O)C2C(C)NNC2S(=O)(=O)Nc2ccc(C)cc2)c1. The lowest BCUT2D eigenvalue weighted by Gasteiger charge is -2.21. The summed E-state index contributed by atoms with van der Waals surface area (Å²) >= 11 is 0. The molecule has 0 bridgehead atoms. The molecule has 1 amide bonds. The number of rotatable bonds is 6. The van der Waals surface area contributed by atoms with Gasteiger partial charge in [-0.2, -0.15) is 0 Å². The van der Waals surface area contributed by atoms with Gasteiger partial charge in [0.25, 0.3) is 10.0 Å². The van der Waals surface area contributed by atoms with E-state index in [1.165, 1.54) is 13.2 Å². The van der Waals surface area contributed by atoms with Crippen molar-refractivity contribution in [3.8, 4) is 0 Å². The third kappa shape index (κ3) is 4.78. The van der Waals surface area contributed by atoms with Gasteiger partial charge in [0, 0.05) is 17.4 Å². The number of aryl methyl sites for hydroxylation is 1. The van der Waals surface area contributed by atoms with Crippen molar-refractivity contribution in [2.24, 2.45) is 5.92 Å². The van der Waals surface area contributed by atoms with E-state index in [9.17, 15) is 18.0 Å². The molecule has 30 heavy (non-hydrogen) atoms. The highest BCUT2D eigenvalue weighted by atomic mass is 32.2. The van der Waals surface area contributed by atoms with Crippen LogP contribution in [0.5, 0.6) is 0 Å². The van der Waals surface area contributed by atoms with Gasteiger partial charge < -0.3 is 10.1 Å². The number of carbonyl (C=O) groups is 2. The minimum Gasteiger partial charge on any atom is -0.465 e. The number of anilines is 2. The first-order chi connectivity index (χ1) is 14.2. The molecule has 0 aliphatic carbocycles. The minimum absolute atomic E-state index is 0.274. The Morgan fingerprint density at radius 3 is 2.40 bits per heavy atom. The van der Waals surface area contributed by atoms with Crippen LogP contribution in [0.25, 0.3) is 0 Å². The smallest absolute Gasteiger partial charge is 0.337 e. The van der Waals surface area contributed by atoms with E-state index in [0.717, 1.165) is 5.56 Å². The maximum atomic E-state index is 12.9. The van der Waals surface area contributed by atoms with E-state index in [4.69, 9.17) is 0 Å². The highest BCUT2D eigenvalue weighted by Crippen LogP contribution is 2.24. The van der Waals surface area contributed by atoms with Gasteiger partial charge in [-0.3, -0.25) is 14.9 Å². The summed E-state index contributed by atoms with van der Waals surface area (Å²) in [6.45, 7) is 3.61. The maximum Gasteiger partial charge on any atom is 0.337 e. The summed E-state index contributed by atoms with van der Waals surface area (Å²) in [7, 11) is -2.66. The highest BCUT2D eigenvalue weighted by Gasteiger charge is 2.46. The van der Waals surface area contributed by atoms with E-state index < -0.39 is 39.2 Å². The van der Waals surface area contributed by atoms with Crippen LogP contribution >= 0.6 is 0 Å². The van der Waals surface area contributed by atoms with Crippen molar-refractivity contribution < 1.29 is 22.7 Å². The van der Waals surface area contributed by atoms with E-state index in [0.29, 0.717) is 11.4 Å². The molecule has 3 unspecified atom stereocenters. The molecule has 1 aliphatic heterocycles. The molecule has 1 fully saturated rings. The molecule has 0 spiro atoms. The van der Waals surface area contributed by atoms with Crippen LogP contribution < -0.4 is 20.9 Å². The number of amides is 1. The molecule has 1 saturated heterocycles. The monoisotopic (exact) mass is 432 g/mol. The topological polar surface area (TPSA) is 126 Å². The van der Waals surface area contributed by atoms with Crippen LogP contribution in [0.1, 0.15) is 22.8 Å². The Morgan fingerprint density at radius 1 is 1.03 bits per heavy atom. The summed E-state index contributed by atoms with van der Waals surface area (Å²) in [4.78, 5) is 24.6. The zero-order chi connectivity index (χ0) is 21.9. The molecule has 160 valence electrons. The summed E-state index contributed by atoms with van der Waals surface area (Å²) in [5.74, 6) is -1.96. The van der Waals surface area contributed by atoms with Gasteiger partial charge in [-0.05, 0) is 44.2 Å². The summed E-state index contributed by atoms with van der Waals surface area (Å²) in [5.41, 5.74) is 7.57. The molecular weight excluding hydrogens is 408 g/mol. The molecule has 9 nitrogen and oxygen atoms in total. The molecule has 0 aromatic heterocycles. The van der Waals surface area contributed by atoms with Crippen molar-refractivity contribution in [3.05, 3.63) is 59.7 Å². The summed E-state index contributed by atoms with van der Waals surface area (Å²) in [6, 6.07) is 12.7. The molecule has 3 atom stereocenters. The van der Waals surface area contributed by atoms with Gasteiger partial charge in [-0.25, -0.2) is 18.6 Å². The molecule has 0 saturated carbocycles. The Kier molecular flexibility index (Phi) is 6.40. The zero-order valence-corrected chi connectivity index (χ0v) is 17.6. The van der Waals surface area contributed by atoms with Crippen LogP contribution in [0.15, 0.2) is 48.5 Å². The number of ether oxygens (including phenoxy) is 1. The Hall–Kier alpha value is -2.95. The second kappa shape index (κ2) is 8.82. The Balaban J connectivity index is 1.78. The van der Waals surface area contributed by atoms with Crippen LogP contribution in [0, 0.1) is 12.8 Å². The number of esters is 1. The normalized spacial score (nSPS) is 21.1. The average molecular weight is 433 g/mol. The number of sulfonamides is 1. The van der Waals surface area contributed by atoms with Gasteiger partial charge in [-0.1, -0.05) is 23.8 Å². The maximum absolute atomic E-state index is 12.9. The van der Waals surface area contributed by atoms with E-state index in [-0.39, 0.29) is 5.56 Å². The number of nitrogens with one attached hydrogen (secondary N) is 4. The predicted molar refractivity (Wildman–Crippen MR) is 113 cm³/mol. The van der Waals surface area contributed by atoms with Gasteiger partial charge in [0.15, 0.2) is 5.37 Å². The van der Waals surface area contributed by atoms with Crippen LogP contribution in [0.2, 0.25) is 0 Å². The first-order valence-electron chi connectivity index (χ1n) is 9.30. The lowest BCUT2D eigenvalue weighted by molar-refractivity contribution is -0.119. The van der Waals surface area contributed by atoms with Gasteiger partial charge in [0.05, 0.1) is 18.6 Å². The van der Waals surface area contributed by atoms with Crippen molar-refractivity contribution in [2.45, 2.75) is 25.3 Å². The molecular formula is C20H24N4O5S. The fourth-order valence-electron chi connectivity index (χ4n) is 3.21. The van der Waals surface area contributed by atoms with Gasteiger partial charge in [-0.15, -0.1) is 0 Å². The van der Waals surface area contributed by atoms with E-state index in [1.54, 1.807) is 49.4 Å². The number of methoxy groups -OCH3 is 1. The number of carbonyl (C=O) groups excluding carboxylic acids is 2. The van der Waals surface area contributed by atoms with Gasteiger partial charge in [0.1, 0.15) is 0 Å². The second-order valence-electron chi connectivity index (χ2n) is 7.10. The third-order valence-electron chi connectivity index (χ3n) is 4.82. The van der Waals surface area contributed by atoms with Crippen molar-refractivity contribution in [3.63, 3.8) is 0 Å². The zero-order valence-electron chi connectivity index (χ0n) is 16.8. The average Bonchev–Trinajstić information content (AvgIpc) is 3.12. The van der Waals surface area contributed by atoms with Crippen molar-refractivity contribution >= 4 is 33.3 Å². The Labute approximate surface area is 175 Å². The predicted octanol–water partition coefficient (Wildman–Crippen LogP) is 1.60. The number of hydrogen-bond acceptors (Lipinski definition) is 7. The molecule has 10 heteroatoms. The molecule has 2 aromatic rings. The lowest BCUT2D eigenvalue weighted by Crippen LogP contribution is -2.45. The number of hydrazine groups is 1. The quantitative estimate of drug-likeness (QED) is 0.511. The van der Waals surface area contributed by atoms with Crippen LogP contribution in [-0.2, 0) is 19.6 Å². The standard InChI is InChI=1S/C20H24N4O5S/c1-12-7-9-15(10-8-12)24-30(27,28)19-17(13(2)22-23-19)18(25)21-16-6-4-5-14(11-16)20(26)29-3/h4-11,13,17,19,22-24H,1-3H3,(H,21,25). The van der Waals surface area contributed by atoms with Gasteiger partial charge in [0.2, 0.25) is 5.91 Å². The minimum atomic E-state index is -3.93. The fourth-order valence-corrected chi connectivity index (χ4v) is 4.77. The Morgan fingerprint density at radius 2 is 1.73 bits per heavy atom. The number of benzene rings is 2. The number of hydrogen-bond donors (Lipinski definition) is 4. The molecule has 3 rings (SSSR count). The lowest BCUT2D eigenvalue weighted by atomic mass is 10.0. The van der Waals surface area contributed by atoms with Crippen LogP contribution in [0.4, 0.5) is 11.4 Å². The second-order valence-corrected chi connectivity index (χ2v) is 8.90. The fraction of sp³-hybridized carbons (Fsp3) is 0.300. The van der Waals surface area contributed by atoms with Crippen molar-refractivity contribution in [1.29, 1.82) is 0 Å². The molecule has 0 radical (unpaired) electrons. The van der Waals surface area contributed by atoms with Crippen molar-refractivity contribution in [1.82, 2.24) is 10.9 Å². The van der Waals surface area contributed by atoms with E-state index in [1.807, 2.05) is 6.92 Å². The third-order valence-corrected chi connectivity index (χ3v) is 6.42. The summed E-state index contributed by atoms with van der Waals surface area (Å²) < 4.78 is 33.1. The highest BCUT2D eigenvalue weighted by molar-refractivity contribution is 7.93. The molecule has 4 N–H and O–H groups in total. The molecule has 2 aromatic carbocycles. The largest absolute Gasteiger partial charge is 0.465 e. The Bertz CT molecular complexity index is 1040. The van der Waals surface area contributed by atoms with Crippen molar-refractivity contribution in [2.75, 3.05) is 17.1 Å². The first kappa shape index (κ1) is 21.8. The molecule has 1 heterocycles. The first-order valence-corrected chi connectivity index (χ1v) is 10.8. The van der Waals surface area contributed by atoms with Crippen LogP contribution in [-0.4, -0.2) is 38.8 Å². The molecule has 1 aliphatic rings. The van der Waals surface area contributed by atoms with E-state index in [2.05, 4.69) is 25.6 Å². The summed E-state index contributed by atoms with van der Waals surface area (Å²) in [6.07, 6.45) is 0.